The van der Waals surface area contributed by atoms with E-state index in [0.29, 0.717) is 0 Å². The van der Waals surface area contributed by atoms with E-state index >= 15 is 0 Å². The van der Waals surface area contributed by atoms with Crippen LogP contribution in [-0.4, -0.2) is 31.3 Å². The fraction of sp³-hybridized carbons (Fsp3) is 1.00. The molecule has 0 radical (unpaired) electrons. The van der Waals surface area contributed by atoms with Crippen molar-refractivity contribution in [2.24, 2.45) is 5.73 Å². The molecule has 2 aliphatic rings. The van der Waals surface area contributed by atoms with Crippen LogP contribution >= 0.6 is 0 Å². The lowest BCUT2D eigenvalue weighted by atomic mass is 9.81. The lowest BCUT2D eigenvalue weighted by Gasteiger charge is -2.45. The Hall–Kier alpha value is -0.120. The van der Waals surface area contributed by atoms with Crippen molar-refractivity contribution in [2.45, 2.75) is 37.3 Å². The van der Waals surface area contributed by atoms with Crippen LogP contribution in [0.2, 0.25) is 0 Å². The maximum Gasteiger partial charge on any atom is 0.0856 e. The molecule has 0 aromatic carbocycles. The molecule has 2 fully saturated rings. The summed E-state index contributed by atoms with van der Waals surface area (Å²) in [6, 6.07) is 0.272. The Bertz CT molecular complexity index is 146. The Labute approximate surface area is 73.7 Å². The predicted molar refractivity (Wildman–Crippen MR) is 48.0 cm³/mol. The second-order valence-electron chi connectivity index (χ2n) is 3.91. The Morgan fingerprint density at radius 1 is 1.33 bits per heavy atom. The van der Waals surface area contributed by atoms with Crippen LogP contribution in [0.5, 0.6) is 0 Å². The molecule has 0 aliphatic carbocycles. The van der Waals surface area contributed by atoms with E-state index in [0.717, 1.165) is 45.4 Å². The summed E-state index contributed by atoms with van der Waals surface area (Å²) in [5.74, 6) is 0. The van der Waals surface area contributed by atoms with Gasteiger partial charge in [-0.25, -0.2) is 0 Å². The molecular weight excluding hydrogens is 152 g/mol. The van der Waals surface area contributed by atoms with Crippen molar-refractivity contribution in [1.82, 2.24) is 5.32 Å². The first-order valence-corrected chi connectivity index (χ1v) is 4.94. The first kappa shape index (κ1) is 8.48. The summed E-state index contributed by atoms with van der Waals surface area (Å²) in [7, 11) is 0. The lowest BCUT2D eigenvalue weighted by molar-refractivity contribution is -0.108. The molecule has 0 bridgehead atoms. The van der Waals surface area contributed by atoms with Gasteiger partial charge in [-0.3, -0.25) is 0 Å². The third kappa shape index (κ3) is 1.37. The molecular formula is C9H18N2O. The van der Waals surface area contributed by atoms with Crippen LogP contribution in [0.4, 0.5) is 0 Å². The number of piperidine rings is 1. The van der Waals surface area contributed by atoms with Crippen molar-refractivity contribution >= 4 is 0 Å². The van der Waals surface area contributed by atoms with Gasteiger partial charge in [-0.1, -0.05) is 0 Å². The molecule has 2 heterocycles. The quantitative estimate of drug-likeness (QED) is 0.547. The summed E-state index contributed by atoms with van der Waals surface area (Å²) < 4.78 is 5.85. The third-order valence-corrected chi connectivity index (χ3v) is 3.17. The van der Waals surface area contributed by atoms with Gasteiger partial charge in [0.15, 0.2) is 0 Å². The first-order valence-electron chi connectivity index (χ1n) is 4.94. The third-order valence-electron chi connectivity index (χ3n) is 3.17. The minimum Gasteiger partial charge on any atom is -0.373 e. The van der Waals surface area contributed by atoms with Gasteiger partial charge in [-0.2, -0.15) is 0 Å². The van der Waals surface area contributed by atoms with E-state index in [9.17, 15) is 0 Å². The minimum absolute atomic E-state index is 0.0313. The van der Waals surface area contributed by atoms with Gasteiger partial charge in [0.25, 0.3) is 0 Å². The maximum absolute atomic E-state index is 6.09. The molecule has 1 unspecified atom stereocenters. The zero-order valence-corrected chi connectivity index (χ0v) is 7.51. The molecule has 3 heteroatoms. The Morgan fingerprint density at radius 3 is 2.75 bits per heavy atom. The number of nitrogens with two attached hydrogens (primary N) is 1. The maximum atomic E-state index is 6.09. The molecule has 0 aromatic heterocycles. The van der Waals surface area contributed by atoms with Crippen molar-refractivity contribution in [3.63, 3.8) is 0 Å². The Kier molecular flexibility index (Phi) is 2.35. The molecule has 3 N–H and O–H groups in total. The van der Waals surface area contributed by atoms with Crippen LogP contribution in [0.1, 0.15) is 25.7 Å². The molecule has 0 saturated carbocycles. The van der Waals surface area contributed by atoms with Crippen LogP contribution in [0.3, 0.4) is 0 Å². The van der Waals surface area contributed by atoms with E-state index in [1.54, 1.807) is 0 Å². The molecule has 12 heavy (non-hydrogen) atoms. The van der Waals surface area contributed by atoms with Crippen LogP contribution in [0.25, 0.3) is 0 Å². The normalized spacial score (nSPS) is 35.2. The van der Waals surface area contributed by atoms with Crippen molar-refractivity contribution in [2.75, 3.05) is 19.7 Å². The average molecular weight is 170 g/mol. The monoisotopic (exact) mass is 170 g/mol. The van der Waals surface area contributed by atoms with Crippen molar-refractivity contribution in [3.05, 3.63) is 0 Å². The van der Waals surface area contributed by atoms with Gasteiger partial charge in [0.05, 0.1) is 5.60 Å². The summed E-state index contributed by atoms with van der Waals surface area (Å²) in [6.07, 6.45) is 4.46. The Morgan fingerprint density at radius 2 is 2.08 bits per heavy atom. The highest BCUT2D eigenvalue weighted by atomic mass is 16.5. The van der Waals surface area contributed by atoms with Crippen LogP contribution < -0.4 is 11.1 Å². The average Bonchev–Trinajstić information content (AvgIpc) is 2.12. The van der Waals surface area contributed by atoms with Crippen LogP contribution in [-0.2, 0) is 4.74 Å². The fourth-order valence-electron chi connectivity index (χ4n) is 2.31. The van der Waals surface area contributed by atoms with Gasteiger partial charge in [0.2, 0.25) is 0 Å². The smallest absolute Gasteiger partial charge is 0.0856 e. The largest absolute Gasteiger partial charge is 0.373 e. The highest BCUT2D eigenvalue weighted by molar-refractivity contribution is 4.96. The van der Waals surface area contributed by atoms with Gasteiger partial charge in [0.1, 0.15) is 0 Å². The number of rotatable bonds is 0. The molecule has 70 valence electrons. The summed E-state index contributed by atoms with van der Waals surface area (Å²) in [5, 5.41) is 3.34. The lowest BCUT2D eigenvalue weighted by Crippen LogP contribution is -2.57. The van der Waals surface area contributed by atoms with Gasteiger partial charge >= 0.3 is 0 Å². The van der Waals surface area contributed by atoms with E-state index in [-0.39, 0.29) is 11.6 Å². The summed E-state index contributed by atoms with van der Waals surface area (Å²) in [6.45, 7) is 3.04. The summed E-state index contributed by atoms with van der Waals surface area (Å²) in [5.41, 5.74) is 6.12. The van der Waals surface area contributed by atoms with Gasteiger partial charge in [-0.05, 0) is 38.8 Å². The van der Waals surface area contributed by atoms with E-state index < -0.39 is 0 Å². The van der Waals surface area contributed by atoms with E-state index in [4.69, 9.17) is 10.5 Å². The van der Waals surface area contributed by atoms with E-state index in [2.05, 4.69) is 5.32 Å². The second kappa shape index (κ2) is 3.32. The molecule has 1 spiro atoms. The standard InChI is InChI=1S/C9H18N2O/c10-8-2-1-7-12-9(8)3-5-11-6-4-9/h8,11H,1-7,10H2. The highest BCUT2D eigenvalue weighted by Gasteiger charge is 2.40. The molecule has 2 rings (SSSR count). The molecule has 3 nitrogen and oxygen atoms in total. The van der Waals surface area contributed by atoms with Gasteiger partial charge in [-0.15, -0.1) is 0 Å². The second-order valence-corrected chi connectivity index (χ2v) is 3.91. The number of hydrogen-bond donors (Lipinski definition) is 2. The topological polar surface area (TPSA) is 47.3 Å². The summed E-state index contributed by atoms with van der Waals surface area (Å²) in [4.78, 5) is 0. The number of hydrogen-bond acceptors (Lipinski definition) is 3. The van der Waals surface area contributed by atoms with Crippen molar-refractivity contribution in [3.8, 4) is 0 Å². The number of nitrogens with one attached hydrogen (secondary N) is 1. The fourth-order valence-corrected chi connectivity index (χ4v) is 2.31. The zero-order chi connectivity index (χ0) is 8.44. The molecule has 0 aromatic rings. The molecule has 1 atom stereocenters. The van der Waals surface area contributed by atoms with Gasteiger partial charge in [0, 0.05) is 12.6 Å². The summed E-state index contributed by atoms with van der Waals surface area (Å²) >= 11 is 0. The highest BCUT2D eigenvalue weighted by Crippen LogP contribution is 2.31. The van der Waals surface area contributed by atoms with E-state index in [1.807, 2.05) is 0 Å². The van der Waals surface area contributed by atoms with Crippen LogP contribution in [0, 0.1) is 0 Å². The SMILES string of the molecule is NC1CCCOC12CCNCC2. The Balaban J connectivity index is 2.04. The van der Waals surface area contributed by atoms with Crippen LogP contribution in [0.15, 0.2) is 0 Å². The van der Waals surface area contributed by atoms with Gasteiger partial charge < -0.3 is 15.8 Å². The predicted octanol–water partition coefficient (Wildman–Crippen LogP) is 0.246. The molecule has 0 amide bonds. The number of ether oxygens (including phenoxy) is 1. The van der Waals surface area contributed by atoms with Crippen molar-refractivity contribution in [1.29, 1.82) is 0 Å². The first-order chi connectivity index (χ1) is 5.83. The van der Waals surface area contributed by atoms with Crippen molar-refractivity contribution < 1.29 is 4.74 Å². The minimum atomic E-state index is 0.0313. The molecule has 2 saturated heterocycles. The zero-order valence-electron chi connectivity index (χ0n) is 7.51. The van der Waals surface area contributed by atoms with E-state index in [1.165, 1.54) is 0 Å². The molecule has 2 aliphatic heterocycles.